The molecule has 1 rings (SSSR count). The van der Waals surface area contributed by atoms with Gasteiger partial charge in [0.2, 0.25) is 0 Å². The second-order valence-corrected chi connectivity index (χ2v) is 2.94. The normalized spacial score (nSPS) is 10.0. The lowest BCUT2D eigenvalue weighted by Gasteiger charge is -2.03. The molecule has 0 fully saturated rings. The fraction of sp³-hybridized carbons (Fsp3) is 0.222. The predicted octanol–water partition coefficient (Wildman–Crippen LogP) is 2.93. The molecule has 1 aromatic carbocycles. The number of carbonyl (C=O) groups excluding carboxylic acids is 1. The molecule has 0 aliphatic heterocycles. The van der Waals surface area contributed by atoms with E-state index in [0.29, 0.717) is 0 Å². The summed E-state index contributed by atoms with van der Waals surface area (Å²) >= 11 is 5.34. The summed E-state index contributed by atoms with van der Waals surface area (Å²) in [5.74, 6) is -2.92. The first-order valence-corrected chi connectivity index (χ1v) is 4.27. The Kier molecular flexibility index (Phi) is 3.41. The van der Waals surface area contributed by atoms with E-state index < -0.39 is 22.6 Å². The van der Waals surface area contributed by atoms with Crippen molar-refractivity contribution >= 4 is 17.6 Å². The lowest BCUT2D eigenvalue weighted by atomic mass is 10.3. The maximum atomic E-state index is 12.7. The van der Waals surface area contributed by atoms with Crippen LogP contribution in [-0.2, 0) is 4.79 Å². The lowest BCUT2D eigenvalue weighted by molar-refractivity contribution is -0.134. The third kappa shape index (κ3) is 2.42. The number of esters is 1. The van der Waals surface area contributed by atoms with Crippen molar-refractivity contribution in [3.8, 4) is 5.75 Å². The Morgan fingerprint density at radius 1 is 1.50 bits per heavy atom. The largest absolute Gasteiger partial charge is 0.426 e. The van der Waals surface area contributed by atoms with Crippen LogP contribution in [0.15, 0.2) is 12.1 Å². The minimum Gasteiger partial charge on any atom is -0.426 e. The zero-order chi connectivity index (χ0) is 10.7. The average molecular weight is 221 g/mol. The van der Waals surface area contributed by atoms with E-state index in [1.807, 2.05) is 0 Å². The van der Waals surface area contributed by atoms with Gasteiger partial charge in [-0.1, -0.05) is 18.5 Å². The van der Waals surface area contributed by atoms with Gasteiger partial charge in [0.05, 0.1) is 5.02 Å². The van der Waals surface area contributed by atoms with E-state index in [4.69, 9.17) is 11.6 Å². The van der Waals surface area contributed by atoms with E-state index >= 15 is 0 Å². The van der Waals surface area contributed by atoms with Crippen molar-refractivity contribution in [2.75, 3.05) is 0 Å². The van der Waals surface area contributed by atoms with Crippen molar-refractivity contribution in [3.63, 3.8) is 0 Å². The number of carbonyl (C=O) groups is 1. The summed E-state index contributed by atoms with van der Waals surface area (Å²) in [5, 5.41) is -0.413. The van der Waals surface area contributed by atoms with Gasteiger partial charge in [-0.15, -0.1) is 0 Å². The van der Waals surface area contributed by atoms with Gasteiger partial charge in [0.1, 0.15) is 5.75 Å². The molecule has 1 aromatic rings. The first kappa shape index (κ1) is 10.9. The Labute approximate surface area is 84.4 Å². The van der Waals surface area contributed by atoms with Crippen LogP contribution in [0.4, 0.5) is 8.78 Å². The molecule has 0 N–H and O–H groups in total. The fourth-order valence-corrected chi connectivity index (χ4v) is 0.993. The Morgan fingerprint density at radius 2 is 2.14 bits per heavy atom. The molecule has 0 heterocycles. The van der Waals surface area contributed by atoms with Gasteiger partial charge in [0.25, 0.3) is 0 Å². The minimum absolute atomic E-state index is 0.0965. The van der Waals surface area contributed by atoms with Crippen molar-refractivity contribution in [2.45, 2.75) is 13.3 Å². The molecule has 0 bridgehead atoms. The number of hydrogen-bond acceptors (Lipinski definition) is 2. The summed E-state index contributed by atoms with van der Waals surface area (Å²) in [6, 6.07) is 1.82. The molecule has 0 aromatic heterocycles. The molecule has 0 atom stereocenters. The molecule has 0 aliphatic rings. The second-order valence-electron chi connectivity index (χ2n) is 2.53. The van der Waals surface area contributed by atoms with Crippen LogP contribution in [0.25, 0.3) is 0 Å². The summed E-state index contributed by atoms with van der Waals surface area (Å²) in [7, 11) is 0. The highest BCUT2D eigenvalue weighted by Crippen LogP contribution is 2.24. The van der Waals surface area contributed by atoms with Crippen LogP contribution in [0.3, 0.4) is 0 Å². The number of hydrogen-bond donors (Lipinski definition) is 0. The zero-order valence-electron chi connectivity index (χ0n) is 7.31. The maximum absolute atomic E-state index is 12.7. The van der Waals surface area contributed by atoms with Gasteiger partial charge in [-0.2, -0.15) is 0 Å². The molecule has 0 spiro atoms. The topological polar surface area (TPSA) is 26.3 Å². The lowest BCUT2D eigenvalue weighted by Crippen LogP contribution is -2.06. The Bertz CT molecular complexity index is 343. The van der Waals surface area contributed by atoms with Gasteiger partial charge in [0, 0.05) is 18.6 Å². The molecule has 0 aliphatic carbocycles. The van der Waals surface area contributed by atoms with Crippen LogP contribution >= 0.6 is 11.6 Å². The molecule has 0 amide bonds. The second kappa shape index (κ2) is 4.37. The van der Waals surface area contributed by atoms with Crippen LogP contribution in [0.1, 0.15) is 13.3 Å². The highest BCUT2D eigenvalue weighted by molar-refractivity contribution is 6.30. The van der Waals surface area contributed by atoms with Crippen molar-refractivity contribution in [3.05, 3.63) is 28.8 Å². The van der Waals surface area contributed by atoms with Crippen LogP contribution in [-0.4, -0.2) is 5.97 Å². The number of benzene rings is 1. The third-order valence-electron chi connectivity index (χ3n) is 1.48. The Balaban J connectivity index is 2.95. The van der Waals surface area contributed by atoms with Gasteiger partial charge in [0.15, 0.2) is 11.6 Å². The van der Waals surface area contributed by atoms with Crippen molar-refractivity contribution in [2.24, 2.45) is 0 Å². The molecule has 0 saturated carbocycles. The molecular formula is C9H7ClF2O2. The fourth-order valence-electron chi connectivity index (χ4n) is 0.795. The van der Waals surface area contributed by atoms with Gasteiger partial charge in [-0.3, -0.25) is 4.79 Å². The van der Waals surface area contributed by atoms with E-state index in [9.17, 15) is 13.6 Å². The number of rotatable bonds is 2. The van der Waals surface area contributed by atoms with Crippen molar-refractivity contribution in [1.29, 1.82) is 0 Å². The van der Waals surface area contributed by atoms with Crippen LogP contribution in [0.2, 0.25) is 5.02 Å². The van der Waals surface area contributed by atoms with Gasteiger partial charge in [-0.25, -0.2) is 8.78 Å². The molecule has 5 heteroatoms. The summed E-state index contributed by atoms with van der Waals surface area (Å²) in [4.78, 5) is 10.8. The molecule has 76 valence electrons. The minimum atomic E-state index is -1.15. The van der Waals surface area contributed by atoms with Crippen LogP contribution in [0.5, 0.6) is 5.75 Å². The highest BCUT2D eigenvalue weighted by atomic mass is 35.5. The van der Waals surface area contributed by atoms with Crippen molar-refractivity contribution in [1.82, 2.24) is 0 Å². The smallest absolute Gasteiger partial charge is 0.310 e. The van der Waals surface area contributed by atoms with E-state index in [0.717, 1.165) is 12.1 Å². The van der Waals surface area contributed by atoms with E-state index in [1.54, 1.807) is 6.92 Å². The molecule has 14 heavy (non-hydrogen) atoms. The number of ether oxygens (including phenoxy) is 1. The third-order valence-corrected chi connectivity index (χ3v) is 1.75. The van der Waals surface area contributed by atoms with Gasteiger partial charge < -0.3 is 4.74 Å². The predicted molar refractivity (Wildman–Crippen MR) is 47.3 cm³/mol. The first-order valence-electron chi connectivity index (χ1n) is 3.89. The monoisotopic (exact) mass is 220 g/mol. The van der Waals surface area contributed by atoms with Gasteiger partial charge >= 0.3 is 5.97 Å². The quantitative estimate of drug-likeness (QED) is 0.435. The average Bonchev–Trinajstić information content (AvgIpc) is 2.14. The van der Waals surface area contributed by atoms with E-state index in [2.05, 4.69) is 4.74 Å². The molecule has 0 saturated heterocycles. The summed E-state index contributed by atoms with van der Waals surface area (Å²) in [6.45, 7) is 1.59. The van der Waals surface area contributed by atoms with Crippen molar-refractivity contribution < 1.29 is 18.3 Å². The summed E-state index contributed by atoms with van der Waals surface area (Å²) in [5.41, 5.74) is 0. The first-order chi connectivity index (χ1) is 6.54. The molecule has 0 radical (unpaired) electrons. The molecule has 0 unspecified atom stereocenters. The highest BCUT2D eigenvalue weighted by Gasteiger charge is 2.11. The van der Waals surface area contributed by atoms with E-state index in [-0.39, 0.29) is 12.2 Å². The summed E-state index contributed by atoms with van der Waals surface area (Å²) < 4.78 is 30.1. The zero-order valence-corrected chi connectivity index (χ0v) is 8.07. The number of halogens is 3. The molecule has 2 nitrogen and oxygen atoms in total. The SMILES string of the molecule is CCC(=O)Oc1cc(F)c(F)c(Cl)c1. The van der Waals surface area contributed by atoms with Crippen LogP contribution < -0.4 is 4.74 Å². The van der Waals surface area contributed by atoms with E-state index in [1.165, 1.54) is 0 Å². The standard InChI is InChI=1S/C9H7ClF2O2/c1-2-8(13)14-5-3-6(10)9(12)7(11)4-5/h3-4H,2H2,1H3. The Morgan fingerprint density at radius 3 is 2.64 bits per heavy atom. The van der Waals surface area contributed by atoms with Gasteiger partial charge in [-0.05, 0) is 0 Å². The molecular weight excluding hydrogens is 214 g/mol. The maximum Gasteiger partial charge on any atom is 0.310 e. The Hall–Kier alpha value is -1.16. The summed E-state index contributed by atoms with van der Waals surface area (Å²) in [6.07, 6.45) is 0.149. The van der Waals surface area contributed by atoms with Crippen LogP contribution in [0, 0.1) is 11.6 Å².